The minimum absolute atomic E-state index is 0.327. The first kappa shape index (κ1) is 7.62. The Labute approximate surface area is 72.8 Å². The lowest BCUT2D eigenvalue weighted by Crippen LogP contribution is -2.46. The van der Waals surface area contributed by atoms with E-state index in [0.29, 0.717) is 17.3 Å². The average Bonchev–Trinajstić information content (AvgIpc) is 1.91. The lowest BCUT2D eigenvalue weighted by molar-refractivity contribution is -0.0478. The van der Waals surface area contributed by atoms with Crippen molar-refractivity contribution in [2.75, 3.05) is 0 Å². The Bertz CT molecular complexity index is 255. The number of nitriles is 2. The maximum Gasteiger partial charge on any atom is 0.0656 e. The molecule has 0 heterocycles. The van der Waals surface area contributed by atoms with Gasteiger partial charge >= 0.3 is 0 Å². The smallest absolute Gasteiger partial charge is 0.0656 e. The third kappa shape index (κ3) is 0.994. The lowest BCUT2D eigenvalue weighted by Gasteiger charge is -2.55. The van der Waals surface area contributed by atoms with Crippen LogP contribution < -0.4 is 0 Å². The zero-order valence-electron chi connectivity index (χ0n) is 7.08. The maximum absolute atomic E-state index is 8.60. The van der Waals surface area contributed by atoms with E-state index in [1.165, 1.54) is 12.8 Å². The minimum atomic E-state index is 0.327. The molecule has 0 aliphatic heterocycles. The van der Waals surface area contributed by atoms with Crippen molar-refractivity contribution >= 4 is 0 Å². The van der Waals surface area contributed by atoms with Gasteiger partial charge in [0.1, 0.15) is 0 Å². The highest BCUT2D eigenvalue weighted by molar-refractivity contribution is 5.09. The Hall–Kier alpha value is -1.02. The van der Waals surface area contributed by atoms with Crippen LogP contribution in [0.5, 0.6) is 0 Å². The highest BCUT2D eigenvalue weighted by Gasteiger charge is 2.52. The summed E-state index contributed by atoms with van der Waals surface area (Å²) in [4.78, 5) is 0. The lowest BCUT2D eigenvalue weighted by atomic mass is 9.48. The predicted molar refractivity (Wildman–Crippen MR) is 43.7 cm³/mol. The molecule has 12 heavy (non-hydrogen) atoms. The van der Waals surface area contributed by atoms with E-state index in [9.17, 15) is 0 Å². The molecule has 0 N–H and O–H groups in total. The zero-order valence-corrected chi connectivity index (χ0v) is 7.08. The average molecular weight is 160 g/mol. The molecule has 0 atom stereocenters. The molecule has 1 spiro atoms. The molecule has 0 aromatic rings. The normalized spacial score (nSPS) is 43.8. The molecule has 0 aromatic carbocycles. The third-order valence-corrected chi connectivity index (χ3v) is 3.36. The van der Waals surface area contributed by atoms with Gasteiger partial charge in [-0.3, -0.25) is 0 Å². The van der Waals surface area contributed by atoms with Crippen molar-refractivity contribution in [2.45, 2.75) is 32.1 Å². The summed E-state index contributed by atoms with van der Waals surface area (Å²) in [6, 6.07) is 4.52. The second-order valence-corrected chi connectivity index (χ2v) is 4.37. The van der Waals surface area contributed by atoms with Crippen LogP contribution in [0.1, 0.15) is 32.1 Å². The van der Waals surface area contributed by atoms with E-state index in [1.807, 2.05) is 0 Å². The molecule has 2 aliphatic carbocycles. The van der Waals surface area contributed by atoms with Gasteiger partial charge in [0.25, 0.3) is 0 Å². The van der Waals surface area contributed by atoms with E-state index in [2.05, 4.69) is 12.1 Å². The van der Waals surface area contributed by atoms with Gasteiger partial charge in [0.05, 0.1) is 12.1 Å². The first-order chi connectivity index (χ1) is 5.78. The molecule has 2 saturated carbocycles. The van der Waals surface area contributed by atoms with Crippen LogP contribution in [0.2, 0.25) is 0 Å². The fraction of sp³-hybridized carbons (Fsp3) is 0.800. The van der Waals surface area contributed by atoms with Crippen LogP contribution in [-0.4, -0.2) is 0 Å². The second-order valence-electron chi connectivity index (χ2n) is 4.37. The molecule has 2 rings (SSSR count). The molecular weight excluding hydrogens is 148 g/mol. The summed E-state index contributed by atoms with van der Waals surface area (Å²) in [5.41, 5.74) is 0.516. The van der Waals surface area contributed by atoms with E-state index in [1.54, 1.807) is 0 Å². The summed E-state index contributed by atoms with van der Waals surface area (Å²) < 4.78 is 0. The van der Waals surface area contributed by atoms with Crippen molar-refractivity contribution in [1.82, 2.24) is 0 Å². The van der Waals surface area contributed by atoms with Gasteiger partial charge in [0.2, 0.25) is 0 Å². The Morgan fingerprint density at radius 1 is 1.17 bits per heavy atom. The van der Waals surface area contributed by atoms with Gasteiger partial charge in [-0.1, -0.05) is 0 Å². The van der Waals surface area contributed by atoms with Crippen LogP contribution >= 0.6 is 0 Å². The van der Waals surface area contributed by atoms with E-state index in [0.717, 1.165) is 19.3 Å². The van der Waals surface area contributed by atoms with Crippen molar-refractivity contribution in [3.8, 4) is 12.1 Å². The second kappa shape index (κ2) is 2.49. The van der Waals surface area contributed by atoms with Gasteiger partial charge in [-0.2, -0.15) is 10.5 Å². The van der Waals surface area contributed by atoms with Gasteiger partial charge in [-0.15, -0.1) is 0 Å². The quantitative estimate of drug-likeness (QED) is 0.590. The van der Waals surface area contributed by atoms with Crippen LogP contribution in [0.25, 0.3) is 0 Å². The number of nitrogens with zero attached hydrogens (tertiary/aromatic N) is 2. The van der Waals surface area contributed by atoms with Gasteiger partial charge < -0.3 is 0 Å². The molecule has 2 fully saturated rings. The van der Waals surface area contributed by atoms with Gasteiger partial charge in [0, 0.05) is 12.3 Å². The zero-order chi connectivity index (χ0) is 8.60. The van der Waals surface area contributed by atoms with Crippen molar-refractivity contribution in [2.24, 2.45) is 17.3 Å². The molecule has 0 unspecified atom stereocenters. The van der Waals surface area contributed by atoms with E-state index >= 15 is 0 Å². The van der Waals surface area contributed by atoms with Gasteiger partial charge in [-0.05, 0) is 37.0 Å². The third-order valence-electron chi connectivity index (χ3n) is 3.36. The fourth-order valence-electron chi connectivity index (χ4n) is 2.85. The fourth-order valence-corrected chi connectivity index (χ4v) is 2.85. The van der Waals surface area contributed by atoms with Crippen molar-refractivity contribution in [1.29, 1.82) is 10.5 Å². The summed E-state index contributed by atoms with van der Waals surface area (Å²) in [6.45, 7) is 0. The van der Waals surface area contributed by atoms with E-state index in [4.69, 9.17) is 10.5 Å². The van der Waals surface area contributed by atoms with Gasteiger partial charge in [0.15, 0.2) is 0 Å². The van der Waals surface area contributed by atoms with Crippen LogP contribution in [0.15, 0.2) is 0 Å². The minimum Gasteiger partial charge on any atom is -0.198 e. The van der Waals surface area contributed by atoms with Crippen LogP contribution in [0.4, 0.5) is 0 Å². The van der Waals surface area contributed by atoms with Crippen LogP contribution in [0, 0.1) is 39.9 Å². The van der Waals surface area contributed by atoms with Gasteiger partial charge in [-0.25, -0.2) is 0 Å². The SMILES string of the molecule is N#CCC1CC2(CC(C#N)C2)C1. The molecule has 2 heteroatoms. The highest BCUT2D eigenvalue weighted by atomic mass is 14.6. The monoisotopic (exact) mass is 160 g/mol. The highest BCUT2D eigenvalue weighted by Crippen LogP contribution is 2.61. The molecular formula is C10H12N2. The predicted octanol–water partition coefficient (Wildman–Crippen LogP) is 2.23. The van der Waals surface area contributed by atoms with Crippen LogP contribution in [-0.2, 0) is 0 Å². The number of hydrogen-bond acceptors (Lipinski definition) is 2. The molecule has 0 radical (unpaired) electrons. The van der Waals surface area contributed by atoms with E-state index < -0.39 is 0 Å². The number of rotatable bonds is 1. The summed E-state index contributed by atoms with van der Waals surface area (Å²) in [7, 11) is 0. The molecule has 0 amide bonds. The summed E-state index contributed by atoms with van der Waals surface area (Å²) in [5, 5.41) is 17.1. The standard InChI is InChI=1S/C10H12N2/c11-2-1-8-3-10(4-8)5-9(6-10)7-12/h8-9H,1,3-6H2. The molecule has 0 aromatic heterocycles. The molecule has 2 aliphatic rings. The summed E-state index contributed by atoms with van der Waals surface area (Å²) in [5.74, 6) is 0.975. The first-order valence-corrected chi connectivity index (χ1v) is 4.54. The Balaban J connectivity index is 1.77. The molecule has 62 valence electrons. The molecule has 0 saturated heterocycles. The Morgan fingerprint density at radius 2 is 1.83 bits per heavy atom. The number of hydrogen-bond donors (Lipinski definition) is 0. The van der Waals surface area contributed by atoms with Crippen LogP contribution in [0.3, 0.4) is 0 Å². The Kier molecular flexibility index (Phi) is 1.58. The first-order valence-electron chi connectivity index (χ1n) is 4.54. The van der Waals surface area contributed by atoms with Crippen molar-refractivity contribution in [3.63, 3.8) is 0 Å². The van der Waals surface area contributed by atoms with E-state index in [-0.39, 0.29) is 0 Å². The Morgan fingerprint density at radius 3 is 2.33 bits per heavy atom. The summed E-state index contributed by atoms with van der Waals surface area (Å²) >= 11 is 0. The maximum atomic E-state index is 8.60. The van der Waals surface area contributed by atoms with Crippen molar-refractivity contribution < 1.29 is 0 Å². The molecule has 0 bridgehead atoms. The molecule has 2 nitrogen and oxygen atoms in total. The van der Waals surface area contributed by atoms with Crippen molar-refractivity contribution in [3.05, 3.63) is 0 Å². The topological polar surface area (TPSA) is 47.6 Å². The summed E-state index contributed by atoms with van der Waals surface area (Å²) in [6.07, 6.45) is 5.34. The largest absolute Gasteiger partial charge is 0.198 e.